The summed E-state index contributed by atoms with van der Waals surface area (Å²) in [6, 6.07) is 9.09. The van der Waals surface area contributed by atoms with E-state index < -0.39 is 0 Å². The van der Waals surface area contributed by atoms with Crippen LogP contribution in [-0.4, -0.2) is 22.6 Å². The second kappa shape index (κ2) is 4.34. The van der Waals surface area contributed by atoms with Gasteiger partial charge in [0.25, 0.3) is 0 Å². The lowest BCUT2D eigenvalue weighted by molar-refractivity contribution is 0.552. The highest BCUT2D eigenvalue weighted by Gasteiger charge is 2.19. The Kier molecular flexibility index (Phi) is 2.69. The molecule has 2 aromatic rings. The van der Waals surface area contributed by atoms with E-state index in [-0.39, 0.29) is 0 Å². The molecule has 88 valence electrons. The van der Waals surface area contributed by atoms with E-state index in [0.29, 0.717) is 6.04 Å². The molecule has 1 saturated heterocycles. The third kappa shape index (κ3) is 1.98. The van der Waals surface area contributed by atoms with E-state index in [0.717, 1.165) is 18.9 Å². The van der Waals surface area contributed by atoms with Crippen LogP contribution in [0, 0.1) is 6.92 Å². The lowest BCUT2D eigenvalue weighted by atomic mass is 10.1. The number of imidazole rings is 1. The van der Waals surface area contributed by atoms with Crippen LogP contribution >= 0.6 is 0 Å². The van der Waals surface area contributed by atoms with Gasteiger partial charge < -0.3 is 9.88 Å². The zero-order chi connectivity index (χ0) is 11.7. The molecule has 17 heavy (non-hydrogen) atoms. The number of hydrogen-bond donors (Lipinski definition) is 1. The fourth-order valence-electron chi connectivity index (χ4n) is 2.49. The third-order valence-electron chi connectivity index (χ3n) is 3.37. The van der Waals surface area contributed by atoms with Gasteiger partial charge in [-0.05, 0) is 26.0 Å². The molecule has 3 heteroatoms. The summed E-state index contributed by atoms with van der Waals surface area (Å²) in [5.74, 6) is 1.09. The number of hydrogen-bond acceptors (Lipinski definition) is 2. The molecule has 1 unspecified atom stereocenters. The number of benzene rings is 1. The van der Waals surface area contributed by atoms with Crippen LogP contribution in [0.1, 0.15) is 18.0 Å². The Labute approximate surface area is 101 Å². The molecule has 1 atom stereocenters. The van der Waals surface area contributed by atoms with Crippen molar-refractivity contribution in [2.24, 2.45) is 0 Å². The zero-order valence-electron chi connectivity index (χ0n) is 10.1. The van der Waals surface area contributed by atoms with Crippen LogP contribution in [-0.2, 0) is 0 Å². The topological polar surface area (TPSA) is 29.9 Å². The van der Waals surface area contributed by atoms with Gasteiger partial charge in [0.2, 0.25) is 0 Å². The monoisotopic (exact) mass is 227 g/mol. The molecule has 3 nitrogen and oxygen atoms in total. The van der Waals surface area contributed by atoms with Crippen LogP contribution < -0.4 is 5.32 Å². The zero-order valence-corrected chi connectivity index (χ0v) is 10.1. The molecule has 0 radical (unpaired) electrons. The van der Waals surface area contributed by atoms with Gasteiger partial charge in [-0.3, -0.25) is 0 Å². The Morgan fingerprint density at radius 3 is 3.12 bits per heavy atom. The summed E-state index contributed by atoms with van der Waals surface area (Å²) in [4.78, 5) is 4.51. The van der Waals surface area contributed by atoms with E-state index in [1.54, 1.807) is 0 Å². The predicted octanol–water partition coefficient (Wildman–Crippen LogP) is 2.39. The SMILES string of the molecule is Cc1cccc(-c2nccn2C2CCNC2)c1. The van der Waals surface area contributed by atoms with E-state index in [4.69, 9.17) is 0 Å². The highest BCUT2D eigenvalue weighted by atomic mass is 15.1. The lowest BCUT2D eigenvalue weighted by Gasteiger charge is -2.14. The Morgan fingerprint density at radius 2 is 2.35 bits per heavy atom. The summed E-state index contributed by atoms with van der Waals surface area (Å²) in [5, 5.41) is 3.40. The number of nitrogens with zero attached hydrogens (tertiary/aromatic N) is 2. The van der Waals surface area contributed by atoms with Crippen molar-refractivity contribution in [1.82, 2.24) is 14.9 Å². The fraction of sp³-hybridized carbons (Fsp3) is 0.357. The number of nitrogens with one attached hydrogen (secondary N) is 1. The van der Waals surface area contributed by atoms with Crippen molar-refractivity contribution in [1.29, 1.82) is 0 Å². The molecule has 1 aliphatic rings. The summed E-state index contributed by atoms with van der Waals surface area (Å²) in [6.45, 7) is 4.28. The molecule has 1 aliphatic heterocycles. The van der Waals surface area contributed by atoms with Gasteiger partial charge in [0.15, 0.2) is 0 Å². The average Bonchev–Trinajstić information content (AvgIpc) is 3.00. The average molecular weight is 227 g/mol. The molecule has 0 saturated carbocycles. The molecule has 1 aromatic heterocycles. The first-order valence-corrected chi connectivity index (χ1v) is 6.15. The first-order chi connectivity index (χ1) is 8.34. The highest BCUT2D eigenvalue weighted by molar-refractivity contribution is 5.56. The van der Waals surface area contributed by atoms with Gasteiger partial charge in [0, 0.05) is 30.5 Å². The highest BCUT2D eigenvalue weighted by Crippen LogP contribution is 2.24. The maximum atomic E-state index is 4.51. The largest absolute Gasteiger partial charge is 0.327 e. The van der Waals surface area contributed by atoms with Crippen LogP contribution in [0.25, 0.3) is 11.4 Å². The minimum atomic E-state index is 0.549. The Hall–Kier alpha value is -1.61. The summed E-state index contributed by atoms with van der Waals surface area (Å²) in [7, 11) is 0. The quantitative estimate of drug-likeness (QED) is 0.853. The number of aromatic nitrogens is 2. The predicted molar refractivity (Wildman–Crippen MR) is 68.9 cm³/mol. The van der Waals surface area contributed by atoms with Gasteiger partial charge in [0.1, 0.15) is 5.82 Å². The van der Waals surface area contributed by atoms with Gasteiger partial charge in [-0.15, -0.1) is 0 Å². The minimum absolute atomic E-state index is 0.549. The van der Waals surface area contributed by atoms with Crippen LogP contribution in [0.2, 0.25) is 0 Å². The maximum absolute atomic E-state index is 4.51. The molecule has 0 spiro atoms. The van der Waals surface area contributed by atoms with Gasteiger partial charge in [-0.25, -0.2) is 4.98 Å². The molecule has 0 aliphatic carbocycles. The molecule has 1 fully saturated rings. The second-order valence-corrected chi connectivity index (χ2v) is 4.67. The number of rotatable bonds is 2. The van der Waals surface area contributed by atoms with E-state index in [1.807, 2.05) is 6.20 Å². The van der Waals surface area contributed by atoms with E-state index in [2.05, 4.69) is 52.3 Å². The van der Waals surface area contributed by atoms with Crippen molar-refractivity contribution in [2.45, 2.75) is 19.4 Å². The van der Waals surface area contributed by atoms with Gasteiger partial charge in [-0.2, -0.15) is 0 Å². The summed E-state index contributed by atoms with van der Waals surface area (Å²) < 4.78 is 2.30. The second-order valence-electron chi connectivity index (χ2n) is 4.67. The van der Waals surface area contributed by atoms with Crippen molar-refractivity contribution in [2.75, 3.05) is 13.1 Å². The van der Waals surface area contributed by atoms with Crippen LogP contribution in [0.5, 0.6) is 0 Å². The minimum Gasteiger partial charge on any atom is -0.327 e. The van der Waals surface area contributed by atoms with Gasteiger partial charge >= 0.3 is 0 Å². The van der Waals surface area contributed by atoms with E-state index >= 15 is 0 Å². The van der Waals surface area contributed by atoms with E-state index in [9.17, 15) is 0 Å². The summed E-state index contributed by atoms with van der Waals surface area (Å²) in [5.41, 5.74) is 2.49. The first kappa shape index (κ1) is 10.5. The fourth-order valence-corrected chi connectivity index (χ4v) is 2.49. The summed E-state index contributed by atoms with van der Waals surface area (Å²) >= 11 is 0. The van der Waals surface area contributed by atoms with Crippen molar-refractivity contribution >= 4 is 0 Å². The van der Waals surface area contributed by atoms with Crippen LogP contribution in [0.15, 0.2) is 36.7 Å². The Bertz CT molecular complexity index is 510. The molecule has 1 N–H and O–H groups in total. The molecule has 1 aromatic carbocycles. The normalized spacial score (nSPS) is 19.7. The summed E-state index contributed by atoms with van der Waals surface area (Å²) in [6.07, 6.45) is 5.18. The van der Waals surface area contributed by atoms with Gasteiger partial charge in [0.05, 0.1) is 0 Å². The molecular formula is C14H17N3. The third-order valence-corrected chi connectivity index (χ3v) is 3.37. The Balaban J connectivity index is 2.00. The first-order valence-electron chi connectivity index (χ1n) is 6.15. The van der Waals surface area contributed by atoms with Crippen molar-refractivity contribution < 1.29 is 0 Å². The standard InChI is InChI=1S/C14H17N3/c1-11-3-2-4-12(9-11)14-16-7-8-17(14)13-5-6-15-10-13/h2-4,7-9,13,15H,5-6,10H2,1H3. The molecule has 0 bridgehead atoms. The lowest BCUT2D eigenvalue weighted by Crippen LogP contribution is -2.13. The van der Waals surface area contributed by atoms with Crippen molar-refractivity contribution in [3.05, 3.63) is 42.2 Å². The van der Waals surface area contributed by atoms with Crippen molar-refractivity contribution in [3.63, 3.8) is 0 Å². The molecule has 3 rings (SSSR count). The van der Waals surface area contributed by atoms with E-state index in [1.165, 1.54) is 17.5 Å². The van der Waals surface area contributed by atoms with Crippen molar-refractivity contribution in [3.8, 4) is 11.4 Å². The van der Waals surface area contributed by atoms with Crippen LogP contribution in [0.3, 0.4) is 0 Å². The molecule has 2 heterocycles. The molecular weight excluding hydrogens is 210 g/mol. The Morgan fingerprint density at radius 1 is 1.41 bits per heavy atom. The van der Waals surface area contributed by atoms with Gasteiger partial charge in [-0.1, -0.05) is 23.8 Å². The smallest absolute Gasteiger partial charge is 0.140 e. The maximum Gasteiger partial charge on any atom is 0.140 e. The van der Waals surface area contributed by atoms with Crippen LogP contribution in [0.4, 0.5) is 0 Å². The molecule has 0 amide bonds. The number of aryl methyl sites for hydroxylation is 1.